The van der Waals surface area contributed by atoms with Gasteiger partial charge in [0.2, 0.25) is 0 Å². The van der Waals surface area contributed by atoms with Gasteiger partial charge in [-0.05, 0) is 31.2 Å². The second kappa shape index (κ2) is 12.8. The van der Waals surface area contributed by atoms with Crippen molar-refractivity contribution < 1.29 is 27.7 Å². The molecule has 4 N–H and O–H groups in total. The Morgan fingerprint density at radius 1 is 0.865 bits per heavy atom. The number of nitrogens with zero attached hydrogens (tertiary/aromatic N) is 4. The molecule has 202 valence electrons. The molecule has 2 aromatic carbocycles. The number of amidine groups is 2. The maximum Gasteiger partial charge on any atom is 0.282 e. The third-order valence-corrected chi connectivity index (χ3v) is 5.84. The van der Waals surface area contributed by atoms with E-state index in [0.717, 1.165) is 17.9 Å². The minimum absolute atomic E-state index is 0.00560. The third-order valence-electron chi connectivity index (χ3n) is 5.84. The van der Waals surface area contributed by atoms with Gasteiger partial charge in [-0.1, -0.05) is 0 Å². The predicted molar refractivity (Wildman–Crippen MR) is 140 cm³/mol. The Morgan fingerprint density at radius 3 is 1.81 bits per heavy atom. The van der Waals surface area contributed by atoms with E-state index < -0.39 is 0 Å². The molecule has 37 heavy (non-hydrogen) atoms. The molecule has 0 spiro atoms. The topological polar surface area (TPSA) is 120 Å². The molecule has 0 saturated carbocycles. The number of halogens is 2. The number of hydrogen-bond acceptors (Lipinski definition) is 10. The van der Waals surface area contributed by atoms with Gasteiger partial charge in [0.15, 0.2) is 23.1 Å². The molecule has 0 amide bonds. The summed E-state index contributed by atoms with van der Waals surface area (Å²) in [6.45, 7) is 5.09. The first kappa shape index (κ1) is 27.6. The van der Waals surface area contributed by atoms with Crippen LogP contribution in [0.25, 0.3) is 0 Å². The van der Waals surface area contributed by atoms with E-state index in [2.05, 4.69) is 14.9 Å². The highest BCUT2D eigenvalue weighted by atomic mass is 19.1. The summed E-state index contributed by atoms with van der Waals surface area (Å²) in [6, 6.07) is 10.0. The fourth-order valence-electron chi connectivity index (χ4n) is 3.88. The van der Waals surface area contributed by atoms with Crippen LogP contribution in [0, 0.1) is 11.6 Å². The summed E-state index contributed by atoms with van der Waals surface area (Å²) in [5, 5.41) is 0. The Kier molecular flexibility index (Phi) is 9.58. The van der Waals surface area contributed by atoms with Crippen LogP contribution < -0.4 is 30.7 Å². The van der Waals surface area contributed by atoms with Crippen LogP contribution in [0.15, 0.2) is 46.4 Å². The lowest BCUT2D eigenvalue weighted by atomic mass is 10.2. The summed E-state index contributed by atoms with van der Waals surface area (Å²) in [6.07, 6.45) is 0. The van der Waals surface area contributed by atoms with E-state index in [0.29, 0.717) is 26.3 Å². The number of aliphatic imine (C=N–C) groups is 2. The third kappa shape index (κ3) is 7.51. The van der Waals surface area contributed by atoms with Gasteiger partial charge in [0.05, 0.1) is 14.2 Å². The fourth-order valence-corrected chi connectivity index (χ4v) is 3.88. The Labute approximate surface area is 215 Å². The average molecular weight is 521 g/mol. The van der Waals surface area contributed by atoms with Gasteiger partial charge in [-0.15, -0.1) is 0 Å². The molecular weight excluding hydrogens is 486 g/mol. The minimum Gasteiger partial charge on any atom is -0.494 e. The Morgan fingerprint density at radius 2 is 1.35 bits per heavy atom. The molecule has 0 aliphatic carbocycles. The van der Waals surface area contributed by atoms with Crippen molar-refractivity contribution in [2.24, 2.45) is 21.5 Å². The number of benzene rings is 2. The van der Waals surface area contributed by atoms with E-state index in [-0.39, 0.29) is 47.3 Å². The van der Waals surface area contributed by atoms with E-state index in [9.17, 15) is 8.78 Å². The molecule has 2 heterocycles. The Bertz CT molecular complexity index is 1120. The molecular formula is C25H34F2N6O4. The molecule has 0 unspecified atom stereocenters. The summed E-state index contributed by atoms with van der Waals surface area (Å²) in [5.41, 5.74) is 12.7. The number of likely N-dealkylation sites (N-methyl/N-ethyl adjacent to an activating group) is 2. The molecule has 0 aromatic heterocycles. The van der Waals surface area contributed by atoms with Gasteiger partial charge in [-0.25, -0.2) is 18.8 Å². The number of anilines is 2. The lowest BCUT2D eigenvalue weighted by Gasteiger charge is -2.25. The summed E-state index contributed by atoms with van der Waals surface area (Å²) in [7, 11) is 4.79. The molecule has 10 nitrogen and oxygen atoms in total. The summed E-state index contributed by atoms with van der Waals surface area (Å²) >= 11 is 0. The van der Waals surface area contributed by atoms with E-state index in [1.807, 2.05) is 18.9 Å². The number of ether oxygens (including phenoxy) is 4. The van der Waals surface area contributed by atoms with Gasteiger partial charge in [0.1, 0.15) is 25.3 Å². The molecule has 0 bridgehead atoms. The van der Waals surface area contributed by atoms with Crippen LogP contribution >= 0.6 is 0 Å². The molecule has 4 rings (SSSR count). The molecule has 0 fully saturated rings. The van der Waals surface area contributed by atoms with E-state index in [4.69, 9.17) is 30.4 Å². The van der Waals surface area contributed by atoms with Crippen molar-refractivity contribution >= 4 is 23.4 Å². The van der Waals surface area contributed by atoms with Crippen LogP contribution in [-0.2, 0) is 9.47 Å². The van der Waals surface area contributed by atoms with Crippen LogP contribution in [0.5, 0.6) is 11.5 Å². The van der Waals surface area contributed by atoms with Crippen LogP contribution in [0.4, 0.5) is 20.2 Å². The van der Waals surface area contributed by atoms with Gasteiger partial charge in [0.25, 0.3) is 12.0 Å². The molecule has 0 radical (unpaired) electrons. The van der Waals surface area contributed by atoms with Crippen molar-refractivity contribution in [1.29, 1.82) is 0 Å². The average Bonchev–Trinajstić information content (AvgIpc) is 3.50. The second-order valence-corrected chi connectivity index (χ2v) is 8.42. The lowest BCUT2D eigenvalue weighted by molar-refractivity contribution is 0.313. The van der Waals surface area contributed by atoms with Gasteiger partial charge in [0, 0.05) is 50.2 Å². The molecule has 0 saturated heterocycles. The first-order valence-corrected chi connectivity index (χ1v) is 11.8. The summed E-state index contributed by atoms with van der Waals surface area (Å²) < 4.78 is 46.8. The van der Waals surface area contributed by atoms with Crippen molar-refractivity contribution in [3.8, 4) is 11.5 Å². The zero-order valence-electron chi connectivity index (χ0n) is 21.5. The van der Waals surface area contributed by atoms with E-state index in [1.165, 1.54) is 26.4 Å². The van der Waals surface area contributed by atoms with Crippen LogP contribution in [0.1, 0.15) is 6.92 Å². The maximum atomic E-state index is 13.4. The summed E-state index contributed by atoms with van der Waals surface area (Å²) in [4.78, 5) is 12.4. The predicted octanol–water partition coefficient (Wildman–Crippen LogP) is 2.36. The number of hydrogen-bond donors (Lipinski definition) is 2. The zero-order valence-corrected chi connectivity index (χ0v) is 21.5. The fraction of sp³-hybridized carbons (Fsp3) is 0.440. The first-order valence-electron chi connectivity index (χ1n) is 11.8. The highest BCUT2D eigenvalue weighted by Gasteiger charge is 2.21. The smallest absolute Gasteiger partial charge is 0.282 e. The van der Waals surface area contributed by atoms with Crippen molar-refractivity contribution in [1.82, 2.24) is 0 Å². The highest BCUT2D eigenvalue weighted by Crippen LogP contribution is 2.26. The zero-order chi connectivity index (χ0) is 26.9. The standard InChI is InChI=1S/C13H18FN3O2.C12H16FN3O2/c1-3-17(7-9-8-19-13(15)16-9)10-4-5-11(14)12(6-10)18-2;1-16(6-8-7-18-12(14)15-8)9-3-4-10(13)11(5-9)17-2/h4-6,9H,3,7-8H2,1-2H3,(H2,15,16);3-5,8H,6-7H2,1-2H3,(H2,14,15)/t9-;8-/m11/s1. The van der Waals surface area contributed by atoms with Gasteiger partial charge >= 0.3 is 0 Å². The van der Waals surface area contributed by atoms with Gasteiger partial charge in [-0.3, -0.25) is 0 Å². The van der Waals surface area contributed by atoms with Crippen LogP contribution in [-0.4, -0.2) is 78.2 Å². The van der Waals surface area contributed by atoms with E-state index >= 15 is 0 Å². The molecule has 2 aliphatic rings. The maximum absolute atomic E-state index is 13.4. The second-order valence-electron chi connectivity index (χ2n) is 8.42. The lowest BCUT2D eigenvalue weighted by Crippen LogP contribution is -2.32. The van der Waals surface area contributed by atoms with Crippen molar-refractivity contribution in [2.75, 3.05) is 63.9 Å². The Hall–Kier alpha value is -3.96. The normalized spacial score (nSPS) is 18.0. The largest absolute Gasteiger partial charge is 0.494 e. The van der Waals surface area contributed by atoms with Crippen LogP contribution in [0.2, 0.25) is 0 Å². The van der Waals surface area contributed by atoms with Crippen molar-refractivity contribution in [2.45, 2.75) is 19.0 Å². The van der Waals surface area contributed by atoms with Crippen molar-refractivity contribution in [3.05, 3.63) is 48.0 Å². The van der Waals surface area contributed by atoms with Gasteiger partial charge < -0.3 is 40.2 Å². The first-order chi connectivity index (χ1) is 17.7. The van der Waals surface area contributed by atoms with Crippen molar-refractivity contribution in [3.63, 3.8) is 0 Å². The van der Waals surface area contributed by atoms with E-state index in [1.54, 1.807) is 24.3 Å². The minimum atomic E-state index is -0.374. The molecule has 2 aliphatic heterocycles. The Balaban J connectivity index is 0.000000206. The number of nitrogens with two attached hydrogens (primary N) is 2. The van der Waals surface area contributed by atoms with Gasteiger partial charge in [-0.2, -0.15) is 0 Å². The summed E-state index contributed by atoms with van der Waals surface area (Å²) in [5.74, 6) is -0.276. The number of methoxy groups -OCH3 is 2. The van der Waals surface area contributed by atoms with Crippen LogP contribution in [0.3, 0.4) is 0 Å². The molecule has 2 atom stereocenters. The monoisotopic (exact) mass is 520 g/mol. The molecule has 12 heteroatoms. The highest BCUT2D eigenvalue weighted by molar-refractivity contribution is 5.73. The number of rotatable bonds is 9. The SMILES string of the molecule is CCN(C[C@@H]1COC(N)=N1)c1ccc(F)c(OC)c1.COc1cc(N(C)C[C@@H]2COC(N)=N2)ccc1F. The molecule has 2 aromatic rings. The quantitative estimate of drug-likeness (QED) is 0.517.